The summed E-state index contributed by atoms with van der Waals surface area (Å²) >= 11 is 0. The maximum Gasteiger partial charge on any atom is 0.238 e. The molecular weight excluding hydrogens is 396 g/mol. The van der Waals surface area contributed by atoms with Crippen LogP contribution in [-0.4, -0.2) is 59.1 Å². The summed E-state index contributed by atoms with van der Waals surface area (Å²) in [6, 6.07) is 14.7. The molecule has 1 aromatic carbocycles. The van der Waals surface area contributed by atoms with Crippen molar-refractivity contribution in [2.75, 3.05) is 44.0 Å². The van der Waals surface area contributed by atoms with Gasteiger partial charge in [-0.05, 0) is 42.5 Å². The number of hydrogen-bond acceptors (Lipinski definition) is 8. The van der Waals surface area contributed by atoms with E-state index in [1.165, 1.54) is 0 Å². The van der Waals surface area contributed by atoms with E-state index in [9.17, 15) is 4.79 Å². The van der Waals surface area contributed by atoms with E-state index >= 15 is 0 Å². The minimum Gasteiger partial charge on any atom is -0.497 e. The van der Waals surface area contributed by atoms with Crippen molar-refractivity contribution in [3.05, 3.63) is 66.6 Å². The van der Waals surface area contributed by atoms with E-state index in [2.05, 4.69) is 30.5 Å². The van der Waals surface area contributed by atoms with E-state index in [0.717, 1.165) is 17.1 Å². The van der Waals surface area contributed by atoms with Crippen molar-refractivity contribution in [1.29, 1.82) is 0 Å². The number of anilines is 3. The van der Waals surface area contributed by atoms with Gasteiger partial charge in [-0.2, -0.15) is 0 Å². The van der Waals surface area contributed by atoms with Crippen LogP contribution in [0.2, 0.25) is 0 Å². The standard InChI is InChI=1S/C22H24N6O3/c1-30-17-8-6-16(7-9-17)25-21(29)15-28-12-13-31-19(14-28)18-4-2-5-20(26-18)27-22-23-10-3-11-24-22/h2-11,19H,12-15H2,1H3,(H,25,29)(H,23,24,26,27)/t19-/m1/s1. The molecule has 0 radical (unpaired) electrons. The monoisotopic (exact) mass is 420 g/mol. The molecule has 3 heterocycles. The van der Waals surface area contributed by atoms with Crippen LogP contribution in [0.25, 0.3) is 0 Å². The highest BCUT2D eigenvalue weighted by atomic mass is 16.5. The molecule has 1 atom stereocenters. The van der Waals surface area contributed by atoms with Gasteiger partial charge in [0, 0.05) is 31.2 Å². The van der Waals surface area contributed by atoms with Gasteiger partial charge in [0.25, 0.3) is 0 Å². The first kappa shape index (κ1) is 20.7. The number of benzene rings is 1. The van der Waals surface area contributed by atoms with Crippen LogP contribution in [0.5, 0.6) is 5.75 Å². The number of methoxy groups -OCH3 is 1. The van der Waals surface area contributed by atoms with Crippen LogP contribution < -0.4 is 15.4 Å². The molecule has 1 saturated heterocycles. The molecule has 1 aliphatic heterocycles. The second-order valence-corrected chi connectivity index (χ2v) is 7.02. The second-order valence-electron chi connectivity index (χ2n) is 7.02. The molecule has 0 saturated carbocycles. The van der Waals surface area contributed by atoms with Crippen molar-refractivity contribution in [2.24, 2.45) is 0 Å². The summed E-state index contributed by atoms with van der Waals surface area (Å²) in [6.45, 7) is 2.07. The lowest BCUT2D eigenvalue weighted by molar-refractivity contribution is -0.119. The van der Waals surface area contributed by atoms with Gasteiger partial charge in [0.1, 0.15) is 17.7 Å². The van der Waals surface area contributed by atoms with Crippen molar-refractivity contribution in [1.82, 2.24) is 19.9 Å². The van der Waals surface area contributed by atoms with Gasteiger partial charge in [0.2, 0.25) is 11.9 Å². The van der Waals surface area contributed by atoms with Gasteiger partial charge in [-0.15, -0.1) is 0 Å². The van der Waals surface area contributed by atoms with Crippen molar-refractivity contribution in [3.8, 4) is 5.75 Å². The molecule has 9 nitrogen and oxygen atoms in total. The minimum atomic E-state index is -0.221. The number of aromatic nitrogens is 3. The Morgan fingerprint density at radius 2 is 1.97 bits per heavy atom. The van der Waals surface area contributed by atoms with E-state index in [0.29, 0.717) is 31.5 Å². The molecule has 0 unspecified atom stereocenters. The normalized spacial score (nSPS) is 16.5. The average molecular weight is 420 g/mol. The number of ether oxygens (including phenoxy) is 2. The lowest BCUT2D eigenvalue weighted by atomic mass is 10.2. The van der Waals surface area contributed by atoms with Crippen LogP contribution in [0.4, 0.5) is 17.5 Å². The third-order valence-electron chi connectivity index (χ3n) is 4.80. The van der Waals surface area contributed by atoms with Crippen molar-refractivity contribution in [3.63, 3.8) is 0 Å². The zero-order valence-corrected chi connectivity index (χ0v) is 17.2. The third-order valence-corrected chi connectivity index (χ3v) is 4.80. The topological polar surface area (TPSA) is 102 Å². The molecule has 1 aliphatic rings. The molecule has 1 fully saturated rings. The minimum absolute atomic E-state index is 0.0737. The fourth-order valence-electron chi connectivity index (χ4n) is 3.28. The molecule has 0 spiro atoms. The number of nitrogens with zero attached hydrogens (tertiary/aromatic N) is 4. The van der Waals surface area contributed by atoms with Gasteiger partial charge in [-0.3, -0.25) is 9.69 Å². The van der Waals surface area contributed by atoms with Crippen molar-refractivity contribution in [2.45, 2.75) is 6.10 Å². The second kappa shape index (κ2) is 9.96. The van der Waals surface area contributed by atoms with E-state index in [1.54, 1.807) is 25.6 Å². The maximum absolute atomic E-state index is 12.5. The molecule has 2 aromatic heterocycles. The van der Waals surface area contributed by atoms with Crippen molar-refractivity contribution >= 4 is 23.4 Å². The van der Waals surface area contributed by atoms with E-state index in [4.69, 9.17) is 9.47 Å². The summed E-state index contributed by atoms with van der Waals surface area (Å²) in [5, 5.41) is 6.00. The zero-order chi connectivity index (χ0) is 21.5. The van der Waals surface area contributed by atoms with Crippen LogP contribution in [-0.2, 0) is 9.53 Å². The molecule has 1 amide bonds. The predicted molar refractivity (Wildman–Crippen MR) is 116 cm³/mol. The van der Waals surface area contributed by atoms with Gasteiger partial charge in [0.05, 0.1) is 26.0 Å². The van der Waals surface area contributed by atoms with Gasteiger partial charge in [-0.1, -0.05) is 6.07 Å². The number of hydrogen-bond donors (Lipinski definition) is 2. The van der Waals surface area contributed by atoms with Gasteiger partial charge < -0.3 is 20.1 Å². The number of rotatable bonds is 7. The fraction of sp³-hybridized carbons (Fsp3) is 0.273. The molecular formula is C22H24N6O3. The third kappa shape index (κ3) is 5.74. The predicted octanol–water partition coefficient (Wildman–Crippen LogP) is 2.64. The highest BCUT2D eigenvalue weighted by Gasteiger charge is 2.24. The highest BCUT2D eigenvalue weighted by Crippen LogP contribution is 2.23. The summed E-state index contributed by atoms with van der Waals surface area (Å²) in [5.74, 6) is 1.79. The summed E-state index contributed by atoms with van der Waals surface area (Å²) in [6.07, 6.45) is 3.11. The highest BCUT2D eigenvalue weighted by molar-refractivity contribution is 5.92. The lowest BCUT2D eigenvalue weighted by Crippen LogP contribution is -2.42. The average Bonchev–Trinajstić information content (AvgIpc) is 2.80. The number of pyridine rings is 1. The van der Waals surface area contributed by atoms with Crippen LogP contribution in [0, 0.1) is 0 Å². The van der Waals surface area contributed by atoms with Crippen molar-refractivity contribution < 1.29 is 14.3 Å². The summed E-state index contributed by atoms with van der Waals surface area (Å²) in [7, 11) is 1.61. The molecule has 0 aliphatic carbocycles. The SMILES string of the molecule is COc1ccc(NC(=O)CN2CCO[C@@H](c3cccc(Nc4ncccn4)n3)C2)cc1. The Kier molecular flexibility index (Phi) is 6.65. The Labute approximate surface area is 180 Å². The summed E-state index contributed by atoms with van der Waals surface area (Å²) in [4.78, 5) is 27.5. The Hall–Kier alpha value is -3.56. The molecule has 160 valence electrons. The maximum atomic E-state index is 12.5. The Morgan fingerprint density at radius 3 is 2.74 bits per heavy atom. The van der Waals surface area contributed by atoms with E-state index in [-0.39, 0.29) is 18.6 Å². The van der Waals surface area contributed by atoms with Gasteiger partial charge >= 0.3 is 0 Å². The number of carbonyl (C=O) groups excluding carboxylic acids is 1. The van der Waals surface area contributed by atoms with Crippen LogP contribution in [0.3, 0.4) is 0 Å². The molecule has 4 rings (SSSR count). The molecule has 9 heteroatoms. The lowest BCUT2D eigenvalue weighted by Gasteiger charge is -2.32. The molecule has 2 N–H and O–H groups in total. The number of amides is 1. The fourth-order valence-corrected chi connectivity index (χ4v) is 3.28. The Morgan fingerprint density at radius 1 is 1.16 bits per heavy atom. The Bertz CT molecular complexity index is 1000. The van der Waals surface area contributed by atoms with E-state index < -0.39 is 0 Å². The first-order valence-electron chi connectivity index (χ1n) is 9.98. The first-order valence-corrected chi connectivity index (χ1v) is 9.98. The largest absolute Gasteiger partial charge is 0.497 e. The van der Waals surface area contributed by atoms with Gasteiger partial charge in [-0.25, -0.2) is 15.0 Å². The van der Waals surface area contributed by atoms with E-state index in [1.807, 2.05) is 42.5 Å². The Balaban J connectivity index is 1.34. The van der Waals surface area contributed by atoms with Crippen LogP contribution >= 0.6 is 0 Å². The van der Waals surface area contributed by atoms with Crippen LogP contribution in [0.15, 0.2) is 60.9 Å². The first-order chi connectivity index (χ1) is 15.2. The molecule has 3 aromatic rings. The zero-order valence-electron chi connectivity index (χ0n) is 17.2. The number of nitrogens with one attached hydrogen (secondary N) is 2. The number of morpholine rings is 1. The molecule has 0 bridgehead atoms. The number of carbonyl (C=O) groups is 1. The quantitative estimate of drug-likeness (QED) is 0.602. The van der Waals surface area contributed by atoms with Gasteiger partial charge in [0.15, 0.2) is 0 Å². The van der Waals surface area contributed by atoms with Crippen LogP contribution in [0.1, 0.15) is 11.8 Å². The smallest absolute Gasteiger partial charge is 0.238 e. The summed E-state index contributed by atoms with van der Waals surface area (Å²) in [5.41, 5.74) is 1.53. The molecule has 31 heavy (non-hydrogen) atoms. The summed E-state index contributed by atoms with van der Waals surface area (Å²) < 4.78 is 11.1.